The molecule has 5 heteroatoms. The Labute approximate surface area is 153 Å². The molecule has 0 radical (unpaired) electrons. The van der Waals surface area contributed by atoms with Gasteiger partial charge in [0.2, 0.25) is 11.8 Å². The number of aromatic nitrogens is 1. The van der Waals surface area contributed by atoms with Gasteiger partial charge < -0.3 is 14.8 Å². The van der Waals surface area contributed by atoms with Crippen molar-refractivity contribution in [3.05, 3.63) is 54.2 Å². The number of benzene rings is 1. The van der Waals surface area contributed by atoms with Gasteiger partial charge in [-0.25, -0.2) is 4.98 Å². The SMILES string of the molecule is COc1cc(C)ccc1Oc1ccc(NC(=O)C2CC3C=CC2C3)cn1. The second-order valence-electron chi connectivity index (χ2n) is 7.02. The number of methoxy groups -OCH3 is 1. The Morgan fingerprint density at radius 3 is 2.69 bits per heavy atom. The lowest BCUT2D eigenvalue weighted by atomic mass is 9.93. The summed E-state index contributed by atoms with van der Waals surface area (Å²) in [7, 11) is 1.61. The number of anilines is 1. The number of rotatable bonds is 5. The minimum atomic E-state index is 0.0810. The van der Waals surface area contributed by atoms with E-state index >= 15 is 0 Å². The van der Waals surface area contributed by atoms with Crippen LogP contribution in [0, 0.1) is 24.7 Å². The monoisotopic (exact) mass is 350 g/mol. The summed E-state index contributed by atoms with van der Waals surface area (Å²) in [6.45, 7) is 1.99. The number of allylic oxidation sites excluding steroid dienone is 2. The number of amides is 1. The minimum absolute atomic E-state index is 0.0810. The second kappa shape index (κ2) is 6.83. The predicted octanol–water partition coefficient (Wildman–Crippen LogP) is 4.34. The molecule has 134 valence electrons. The third kappa shape index (κ3) is 3.29. The van der Waals surface area contributed by atoms with Crippen LogP contribution in [0.4, 0.5) is 5.69 Å². The van der Waals surface area contributed by atoms with Crippen LogP contribution in [0.3, 0.4) is 0 Å². The molecule has 2 bridgehead atoms. The lowest BCUT2D eigenvalue weighted by molar-refractivity contribution is -0.120. The van der Waals surface area contributed by atoms with Crippen molar-refractivity contribution < 1.29 is 14.3 Å². The van der Waals surface area contributed by atoms with Crippen LogP contribution in [-0.4, -0.2) is 18.0 Å². The van der Waals surface area contributed by atoms with E-state index in [1.165, 1.54) is 0 Å². The molecule has 2 aliphatic rings. The van der Waals surface area contributed by atoms with Crippen LogP contribution in [0.1, 0.15) is 18.4 Å². The number of hydrogen-bond acceptors (Lipinski definition) is 4. The molecule has 4 rings (SSSR count). The molecule has 1 amide bonds. The van der Waals surface area contributed by atoms with E-state index in [1.54, 1.807) is 19.4 Å². The fraction of sp³-hybridized carbons (Fsp3) is 0.333. The smallest absolute Gasteiger partial charge is 0.228 e. The van der Waals surface area contributed by atoms with Gasteiger partial charge in [-0.1, -0.05) is 18.2 Å². The van der Waals surface area contributed by atoms with Gasteiger partial charge in [0.25, 0.3) is 0 Å². The van der Waals surface area contributed by atoms with Crippen LogP contribution >= 0.6 is 0 Å². The summed E-state index contributed by atoms with van der Waals surface area (Å²) in [5.41, 5.74) is 1.78. The van der Waals surface area contributed by atoms with Crippen LogP contribution in [0.15, 0.2) is 48.7 Å². The average molecular weight is 350 g/mol. The van der Waals surface area contributed by atoms with Crippen LogP contribution < -0.4 is 14.8 Å². The Balaban J connectivity index is 1.41. The van der Waals surface area contributed by atoms with Crippen LogP contribution in [-0.2, 0) is 4.79 Å². The molecule has 0 spiro atoms. The highest BCUT2D eigenvalue weighted by atomic mass is 16.5. The molecule has 1 fully saturated rings. The highest BCUT2D eigenvalue weighted by Crippen LogP contribution is 2.43. The molecule has 1 N–H and O–H groups in total. The van der Waals surface area contributed by atoms with E-state index in [0.29, 0.717) is 34.9 Å². The first-order chi connectivity index (χ1) is 12.6. The van der Waals surface area contributed by atoms with Gasteiger partial charge in [-0.3, -0.25) is 4.79 Å². The lowest BCUT2D eigenvalue weighted by Crippen LogP contribution is -2.25. The number of nitrogens with zero attached hydrogens (tertiary/aromatic N) is 1. The van der Waals surface area contributed by atoms with Crippen molar-refractivity contribution in [2.75, 3.05) is 12.4 Å². The quantitative estimate of drug-likeness (QED) is 0.815. The molecular weight excluding hydrogens is 328 g/mol. The normalized spacial score (nSPS) is 23.1. The summed E-state index contributed by atoms with van der Waals surface area (Å²) in [6.07, 6.45) is 8.11. The standard InChI is InChI=1S/C21H22N2O3/c1-13-3-7-18(19(9-13)25-2)26-20-8-6-16(12-22-20)23-21(24)17-11-14-4-5-15(17)10-14/h3-9,12,14-15,17H,10-11H2,1-2H3,(H,23,24). The van der Waals surface area contributed by atoms with E-state index < -0.39 is 0 Å². The zero-order chi connectivity index (χ0) is 18.1. The number of ether oxygens (including phenoxy) is 2. The largest absolute Gasteiger partial charge is 0.493 e. The Bertz CT molecular complexity index is 845. The summed E-state index contributed by atoms with van der Waals surface area (Å²) < 4.78 is 11.1. The van der Waals surface area contributed by atoms with E-state index in [1.807, 2.05) is 31.2 Å². The van der Waals surface area contributed by atoms with E-state index in [9.17, 15) is 4.79 Å². The fourth-order valence-electron chi connectivity index (χ4n) is 3.80. The Kier molecular flexibility index (Phi) is 4.37. The third-order valence-electron chi connectivity index (χ3n) is 5.15. The number of aryl methyl sites for hydroxylation is 1. The lowest BCUT2D eigenvalue weighted by Gasteiger charge is -2.17. The molecule has 1 saturated carbocycles. The number of hydrogen-bond donors (Lipinski definition) is 1. The Morgan fingerprint density at radius 1 is 1.15 bits per heavy atom. The van der Waals surface area contributed by atoms with Crippen molar-refractivity contribution in [3.8, 4) is 17.4 Å². The van der Waals surface area contributed by atoms with Crippen molar-refractivity contribution in [3.63, 3.8) is 0 Å². The van der Waals surface area contributed by atoms with Gasteiger partial charge in [-0.05, 0) is 55.4 Å². The van der Waals surface area contributed by atoms with Gasteiger partial charge in [0.1, 0.15) is 0 Å². The third-order valence-corrected chi connectivity index (χ3v) is 5.15. The van der Waals surface area contributed by atoms with Gasteiger partial charge in [0.05, 0.1) is 19.0 Å². The zero-order valence-electron chi connectivity index (χ0n) is 14.9. The molecule has 3 atom stereocenters. The van der Waals surface area contributed by atoms with Crippen molar-refractivity contribution in [1.82, 2.24) is 4.98 Å². The van der Waals surface area contributed by atoms with Crippen molar-refractivity contribution >= 4 is 11.6 Å². The Hall–Kier alpha value is -2.82. The van der Waals surface area contributed by atoms with Gasteiger partial charge in [0, 0.05) is 12.0 Å². The average Bonchev–Trinajstić information content (AvgIpc) is 3.28. The van der Waals surface area contributed by atoms with Crippen molar-refractivity contribution in [2.45, 2.75) is 19.8 Å². The summed E-state index contributed by atoms with van der Waals surface area (Å²) in [5, 5.41) is 2.97. The first-order valence-corrected chi connectivity index (χ1v) is 8.90. The maximum atomic E-state index is 12.5. The van der Waals surface area contributed by atoms with Crippen molar-refractivity contribution in [2.24, 2.45) is 17.8 Å². The number of carbonyl (C=O) groups excluding carboxylic acids is 1. The molecule has 1 aromatic carbocycles. The predicted molar refractivity (Wildman–Crippen MR) is 99.5 cm³/mol. The number of fused-ring (bicyclic) bond motifs is 2. The van der Waals surface area contributed by atoms with Crippen LogP contribution in [0.25, 0.3) is 0 Å². The maximum absolute atomic E-state index is 12.5. The Morgan fingerprint density at radius 2 is 2.04 bits per heavy atom. The van der Waals surface area contributed by atoms with Gasteiger partial charge in [-0.2, -0.15) is 0 Å². The summed E-state index contributed by atoms with van der Waals surface area (Å²) >= 11 is 0. The maximum Gasteiger partial charge on any atom is 0.228 e. The molecule has 2 aromatic rings. The molecule has 2 aliphatic carbocycles. The fourth-order valence-corrected chi connectivity index (χ4v) is 3.80. The molecular formula is C21H22N2O3. The van der Waals surface area contributed by atoms with E-state index in [2.05, 4.69) is 22.5 Å². The van der Waals surface area contributed by atoms with Crippen molar-refractivity contribution in [1.29, 1.82) is 0 Å². The first kappa shape index (κ1) is 16.6. The number of nitrogens with one attached hydrogen (secondary N) is 1. The van der Waals surface area contributed by atoms with E-state index in [4.69, 9.17) is 9.47 Å². The van der Waals surface area contributed by atoms with Gasteiger partial charge >= 0.3 is 0 Å². The van der Waals surface area contributed by atoms with Gasteiger partial charge in [0.15, 0.2) is 11.5 Å². The molecule has 1 heterocycles. The first-order valence-electron chi connectivity index (χ1n) is 8.90. The summed E-state index contributed by atoms with van der Waals surface area (Å²) in [5.74, 6) is 2.85. The highest BCUT2D eigenvalue weighted by Gasteiger charge is 2.39. The number of pyridine rings is 1. The highest BCUT2D eigenvalue weighted by molar-refractivity contribution is 5.93. The van der Waals surface area contributed by atoms with Gasteiger partial charge in [-0.15, -0.1) is 0 Å². The molecule has 0 saturated heterocycles. The summed E-state index contributed by atoms with van der Waals surface area (Å²) in [4.78, 5) is 16.8. The second-order valence-corrected chi connectivity index (χ2v) is 7.02. The van der Waals surface area contributed by atoms with E-state index in [0.717, 1.165) is 18.4 Å². The van der Waals surface area contributed by atoms with E-state index in [-0.39, 0.29) is 11.8 Å². The zero-order valence-corrected chi connectivity index (χ0v) is 14.9. The minimum Gasteiger partial charge on any atom is -0.493 e. The molecule has 0 aliphatic heterocycles. The molecule has 5 nitrogen and oxygen atoms in total. The van der Waals surface area contributed by atoms with Crippen LogP contribution in [0.2, 0.25) is 0 Å². The molecule has 3 unspecified atom stereocenters. The number of carbonyl (C=O) groups is 1. The topological polar surface area (TPSA) is 60.5 Å². The molecule has 26 heavy (non-hydrogen) atoms. The van der Waals surface area contributed by atoms with Crippen LogP contribution in [0.5, 0.6) is 17.4 Å². The molecule has 1 aromatic heterocycles. The summed E-state index contributed by atoms with van der Waals surface area (Å²) in [6, 6.07) is 9.28.